The Hall–Kier alpha value is -1.40. The van der Waals surface area contributed by atoms with Crippen molar-refractivity contribution in [2.24, 2.45) is 0 Å². The normalized spacial score (nSPS) is 18.5. The van der Waals surface area contributed by atoms with E-state index in [9.17, 15) is 10.1 Å². The maximum Gasteiger partial charge on any atom is 0.287 e. The SMILES string of the molecule is CN(CC1CCCCN1)c1ccc([N+](=O)[O-])cn1.Cl. The summed E-state index contributed by atoms with van der Waals surface area (Å²) in [7, 11) is 1.96. The van der Waals surface area contributed by atoms with E-state index >= 15 is 0 Å². The Morgan fingerprint density at radius 2 is 2.32 bits per heavy atom. The number of nitrogens with one attached hydrogen (secondary N) is 1. The van der Waals surface area contributed by atoms with E-state index in [4.69, 9.17) is 0 Å². The molecule has 0 saturated carbocycles. The van der Waals surface area contributed by atoms with Gasteiger partial charge >= 0.3 is 0 Å². The molecule has 1 aliphatic rings. The van der Waals surface area contributed by atoms with Gasteiger partial charge < -0.3 is 10.2 Å². The van der Waals surface area contributed by atoms with Gasteiger partial charge in [-0.25, -0.2) is 4.98 Å². The first-order valence-electron chi connectivity index (χ1n) is 6.22. The van der Waals surface area contributed by atoms with Crippen LogP contribution < -0.4 is 10.2 Å². The molecule has 0 aromatic carbocycles. The average molecular weight is 287 g/mol. The van der Waals surface area contributed by atoms with Gasteiger partial charge in [-0.3, -0.25) is 10.1 Å². The molecule has 2 heterocycles. The summed E-state index contributed by atoms with van der Waals surface area (Å²) in [5.41, 5.74) is 0.0305. The van der Waals surface area contributed by atoms with Crippen LogP contribution in [0.3, 0.4) is 0 Å². The number of rotatable bonds is 4. The molecular formula is C12H19ClN4O2. The van der Waals surface area contributed by atoms with Gasteiger partial charge in [0.25, 0.3) is 5.69 Å². The van der Waals surface area contributed by atoms with E-state index in [0.717, 1.165) is 18.9 Å². The predicted octanol–water partition coefficient (Wildman–Crippen LogP) is 1.99. The van der Waals surface area contributed by atoms with E-state index in [2.05, 4.69) is 10.3 Å². The zero-order valence-electron chi connectivity index (χ0n) is 10.9. The fraction of sp³-hybridized carbons (Fsp3) is 0.583. The molecular weight excluding hydrogens is 268 g/mol. The number of pyridine rings is 1. The first-order valence-corrected chi connectivity index (χ1v) is 6.22. The minimum absolute atomic E-state index is 0. The van der Waals surface area contributed by atoms with Crippen LogP contribution in [-0.4, -0.2) is 36.1 Å². The monoisotopic (exact) mass is 286 g/mol. The summed E-state index contributed by atoms with van der Waals surface area (Å²) in [4.78, 5) is 16.3. The second kappa shape index (κ2) is 7.25. The lowest BCUT2D eigenvalue weighted by Gasteiger charge is -2.28. The highest BCUT2D eigenvalue weighted by atomic mass is 35.5. The Morgan fingerprint density at radius 3 is 2.84 bits per heavy atom. The zero-order chi connectivity index (χ0) is 13.0. The molecule has 0 bridgehead atoms. The topological polar surface area (TPSA) is 71.3 Å². The van der Waals surface area contributed by atoms with Crippen molar-refractivity contribution in [1.29, 1.82) is 0 Å². The molecule has 1 aromatic rings. The summed E-state index contributed by atoms with van der Waals surface area (Å²) in [6, 6.07) is 3.68. The summed E-state index contributed by atoms with van der Waals surface area (Å²) in [5.74, 6) is 0.771. The first kappa shape index (κ1) is 15.7. The van der Waals surface area contributed by atoms with Gasteiger partial charge in [0, 0.05) is 25.7 Å². The van der Waals surface area contributed by atoms with Crippen LogP contribution in [0.2, 0.25) is 0 Å². The van der Waals surface area contributed by atoms with E-state index in [-0.39, 0.29) is 18.1 Å². The highest BCUT2D eigenvalue weighted by Crippen LogP contribution is 2.16. The number of anilines is 1. The minimum atomic E-state index is -0.431. The molecule has 1 fully saturated rings. The molecule has 1 N–H and O–H groups in total. The highest BCUT2D eigenvalue weighted by Gasteiger charge is 2.15. The molecule has 1 aliphatic heterocycles. The van der Waals surface area contributed by atoms with E-state index in [1.54, 1.807) is 6.07 Å². The molecule has 1 atom stereocenters. The molecule has 6 nitrogen and oxygen atoms in total. The van der Waals surface area contributed by atoms with Gasteiger partial charge in [-0.05, 0) is 25.5 Å². The summed E-state index contributed by atoms with van der Waals surface area (Å²) >= 11 is 0. The summed E-state index contributed by atoms with van der Waals surface area (Å²) in [6.07, 6.45) is 4.99. The van der Waals surface area contributed by atoms with Crippen molar-refractivity contribution in [2.45, 2.75) is 25.3 Å². The Morgan fingerprint density at radius 1 is 1.53 bits per heavy atom. The highest BCUT2D eigenvalue weighted by molar-refractivity contribution is 5.85. The van der Waals surface area contributed by atoms with Crippen molar-refractivity contribution in [3.63, 3.8) is 0 Å². The van der Waals surface area contributed by atoms with Gasteiger partial charge in [-0.2, -0.15) is 0 Å². The van der Waals surface area contributed by atoms with Crippen molar-refractivity contribution in [2.75, 3.05) is 25.0 Å². The van der Waals surface area contributed by atoms with Crippen LogP contribution in [0.5, 0.6) is 0 Å². The average Bonchev–Trinajstić information content (AvgIpc) is 2.40. The molecule has 7 heteroatoms. The summed E-state index contributed by atoms with van der Waals surface area (Å²) in [6.45, 7) is 1.96. The van der Waals surface area contributed by atoms with E-state index in [0.29, 0.717) is 6.04 Å². The van der Waals surface area contributed by atoms with Crippen molar-refractivity contribution < 1.29 is 4.92 Å². The van der Waals surface area contributed by atoms with E-state index < -0.39 is 4.92 Å². The van der Waals surface area contributed by atoms with Crippen LogP contribution >= 0.6 is 12.4 Å². The standard InChI is InChI=1S/C12H18N4O2.ClH/c1-15(9-10-4-2-3-7-13-10)12-6-5-11(8-14-12)16(17)18;/h5-6,8,10,13H,2-4,7,9H2,1H3;1H. The lowest BCUT2D eigenvalue weighted by Crippen LogP contribution is -2.42. The number of likely N-dealkylation sites (N-methyl/N-ethyl adjacent to an activating group) is 1. The molecule has 0 spiro atoms. The van der Waals surface area contributed by atoms with Crippen molar-refractivity contribution in [3.8, 4) is 0 Å². The lowest BCUT2D eigenvalue weighted by atomic mass is 10.0. The number of piperidine rings is 1. The second-order valence-corrected chi connectivity index (χ2v) is 4.66. The summed E-state index contributed by atoms with van der Waals surface area (Å²) < 4.78 is 0. The van der Waals surface area contributed by atoms with Crippen molar-refractivity contribution in [3.05, 3.63) is 28.4 Å². The molecule has 0 aliphatic carbocycles. The Labute approximate surface area is 118 Å². The quantitative estimate of drug-likeness (QED) is 0.677. The Bertz CT molecular complexity index is 407. The maximum absolute atomic E-state index is 10.5. The molecule has 19 heavy (non-hydrogen) atoms. The van der Waals surface area contributed by atoms with Crippen molar-refractivity contribution in [1.82, 2.24) is 10.3 Å². The molecule has 1 saturated heterocycles. The third-order valence-electron chi connectivity index (χ3n) is 3.24. The number of aromatic nitrogens is 1. The number of hydrogen-bond acceptors (Lipinski definition) is 5. The number of hydrogen-bond donors (Lipinski definition) is 1. The maximum atomic E-state index is 10.5. The zero-order valence-corrected chi connectivity index (χ0v) is 11.7. The fourth-order valence-electron chi connectivity index (χ4n) is 2.22. The molecule has 0 amide bonds. The van der Waals surface area contributed by atoms with Gasteiger partial charge in [-0.1, -0.05) is 6.42 Å². The lowest BCUT2D eigenvalue weighted by molar-refractivity contribution is -0.385. The Balaban J connectivity index is 0.00000180. The van der Waals surface area contributed by atoms with Crippen LogP contribution in [-0.2, 0) is 0 Å². The smallest absolute Gasteiger partial charge is 0.287 e. The van der Waals surface area contributed by atoms with E-state index in [1.807, 2.05) is 11.9 Å². The van der Waals surface area contributed by atoms with Gasteiger partial charge in [0.15, 0.2) is 0 Å². The van der Waals surface area contributed by atoms with Gasteiger partial charge in [0.2, 0.25) is 0 Å². The molecule has 0 radical (unpaired) electrons. The van der Waals surface area contributed by atoms with Crippen LogP contribution in [0, 0.1) is 10.1 Å². The molecule has 1 unspecified atom stereocenters. The Kier molecular flexibility index (Phi) is 5.98. The summed E-state index contributed by atoms with van der Waals surface area (Å²) in [5, 5.41) is 14.0. The second-order valence-electron chi connectivity index (χ2n) is 4.66. The van der Waals surface area contributed by atoms with Crippen LogP contribution in [0.15, 0.2) is 18.3 Å². The van der Waals surface area contributed by atoms with Crippen molar-refractivity contribution >= 4 is 23.9 Å². The number of nitrogens with zero attached hydrogens (tertiary/aromatic N) is 3. The van der Waals surface area contributed by atoms with Gasteiger partial charge in [0.05, 0.1) is 4.92 Å². The third-order valence-corrected chi connectivity index (χ3v) is 3.24. The predicted molar refractivity (Wildman–Crippen MR) is 77.1 cm³/mol. The van der Waals surface area contributed by atoms with Crippen LogP contribution in [0.25, 0.3) is 0 Å². The first-order chi connectivity index (χ1) is 8.66. The number of nitro groups is 1. The van der Waals surface area contributed by atoms with Gasteiger partial charge in [-0.15, -0.1) is 12.4 Å². The molecule has 2 rings (SSSR count). The van der Waals surface area contributed by atoms with Crippen LogP contribution in [0.4, 0.5) is 11.5 Å². The van der Waals surface area contributed by atoms with E-state index in [1.165, 1.54) is 31.5 Å². The minimum Gasteiger partial charge on any atom is -0.358 e. The fourth-order valence-corrected chi connectivity index (χ4v) is 2.22. The molecule has 106 valence electrons. The van der Waals surface area contributed by atoms with Gasteiger partial charge in [0.1, 0.15) is 12.0 Å². The largest absolute Gasteiger partial charge is 0.358 e. The van der Waals surface area contributed by atoms with Crippen LogP contribution in [0.1, 0.15) is 19.3 Å². The molecule has 1 aromatic heterocycles. The third kappa shape index (κ3) is 4.33. The number of halogens is 1.